The third-order valence-corrected chi connectivity index (χ3v) is 8.95. The molecule has 1 amide bonds. The van der Waals surface area contributed by atoms with Gasteiger partial charge < -0.3 is 14.6 Å². The van der Waals surface area contributed by atoms with Gasteiger partial charge in [0.15, 0.2) is 0 Å². The van der Waals surface area contributed by atoms with Crippen LogP contribution in [0.2, 0.25) is 5.02 Å². The lowest BCUT2D eigenvalue weighted by Crippen LogP contribution is -2.39. The van der Waals surface area contributed by atoms with Gasteiger partial charge in [0, 0.05) is 23.5 Å². The highest BCUT2D eigenvalue weighted by atomic mass is 35.5. The second kappa shape index (κ2) is 9.99. The number of aromatic amines is 1. The van der Waals surface area contributed by atoms with E-state index in [1.54, 1.807) is 23.1 Å². The summed E-state index contributed by atoms with van der Waals surface area (Å²) in [6.07, 6.45) is 2.70. The van der Waals surface area contributed by atoms with Crippen molar-refractivity contribution in [1.29, 1.82) is 0 Å². The van der Waals surface area contributed by atoms with Crippen molar-refractivity contribution in [3.63, 3.8) is 0 Å². The van der Waals surface area contributed by atoms with E-state index in [0.717, 1.165) is 19.3 Å². The fourth-order valence-electron chi connectivity index (χ4n) is 4.94. The van der Waals surface area contributed by atoms with Crippen molar-refractivity contribution in [3.8, 4) is 5.75 Å². The molecule has 1 saturated heterocycles. The number of halogens is 1. The molecule has 2 heterocycles. The number of rotatable bonds is 6. The fourth-order valence-corrected chi connectivity index (χ4v) is 6.67. The number of carbonyl (C=O) groups is 1. The Morgan fingerprint density at radius 3 is 2.36 bits per heavy atom. The van der Waals surface area contributed by atoms with Gasteiger partial charge >= 0.3 is 0 Å². The van der Waals surface area contributed by atoms with Crippen molar-refractivity contribution < 1.29 is 17.9 Å². The van der Waals surface area contributed by atoms with E-state index in [1.165, 1.54) is 36.9 Å². The fraction of sp³-hybridized carbons (Fsp3) is 0.250. The SMILES string of the molecule is COc1cccc2c(S(=O)(=O)c3ccc(Cl)cc3)c(C(=O)N3CCC(Cc4ccccc4)CC3)[nH]c12. The molecule has 186 valence electrons. The maximum Gasteiger partial charge on any atom is 0.271 e. The number of para-hydroxylation sites is 1. The highest BCUT2D eigenvalue weighted by Gasteiger charge is 2.33. The van der Waals surface area contributed by atoms with Gasteiger partial charge in [-0.05, 0) is 61.1 Å². The topological polar surface area (TPSA) is 79.5 Å². The van der Waals surface area contributed by atoms with Crippen molar-refractivity contribution >= 4 is 38.2 Å². The molecule has 6 nitrogen and oxygen atoms in total. The van der Waals surface area contributed by atoms with Crippen molar-refractivity contribution in [1.82, 2.24) is 9.88 Å². The van der Waals surface area contributed by atoms with E-state index in [-0.39, 0.29) is 21.4 Å². The molecule has 3 aromatic carbocycles. The molecule has 0 spiro atoms. The molecule has 5 rings (SSSR count). The predicted octanol–water partition coefficient (Wildman–Crippen LogP) is 5.76. The number of aromatic nitrogens is 1. The van der Waals surface area contributed by atoms with Gasteiger partial charge in [-0.15, -0.1) is 0 Å². The van der Waals surface area contributed by atoms with Crippen LogP contribution in [0.25, 0.3) is 10.9 Å². The van der Waals surface area contributed by atoms with Gasteiger partial charge in [-0.2, -0.15) is 0 Å². The van der Waals surface area contributed by atoms with Gasteiger partial charge in [0.2, 0.25) is 9.84 Å². The van der Waals surface area contributed by atoms with Gasteiger partial charge in [0.1, 0.15) is 16.3 Å². The molecular formula is C28H27ClN2O4S. The second-order valence-corrected chi connectivity index (χ2v) is 11.4. The third-order valence-electron chi connectivity index (χ3n) is 6.84. The minimum atomic E-state index is -4.02. The number of piperidine rings is 1. The number of methoxy groups -OCH3 is 1. The number of nitrogens with one attached hydrogen (secondary N) is 1. The van der Waals surface area contributed by atoms with Crippen molar-refractivity contribution in [2.45, 2.75) is 29.1 Å². The number of carbonyl (C=O) groups excluding carboxylic acids is 1. The number of sulfone groups is 1. The summed E-state index contributed by atoms with van der Waals surface area (Å²) in [6, 6.07) is 21.5. The van der Waals surface area contributed by atoms with Crippen LogP contribution in [0.1, 0.15) is 28.9 Å². The zero-order chi connectivity index (χ0) is 25.3. The lowest BCUT2D eigenvalue weighted by atomic mass is 9.90. The number of likely N-dealkylation sites (tertiary alicyclic amines) is 1. The molecule has 0 bridgehead atoms. The largest absolute Gasteiger partial charge is 0.495 e. The van der Waals surface area contributed by atoms with Crippen molar-refractivity contribution in [2.75, 3.05) is 20.2 Å². The molecule has 1 aliphatic heterocycles. The van der Waals surface area contributed by atoms with E-state index in [2.05, 4.69) is 17.1 Å². The molecule has 36 heavy (non-hydrogen) atoms. The summed E-state index contributed by atoms with van der Waals surface area (Å²) in [5.41, 5.74) is 1.84. The molecule has 1 aromatic heterocycles. The Hall–Kier alpha value is -3.29. The zero-order valence-corrected chi connectivity index (χ0v) is 21.5. The highest BCUT2D eigenvalue weighted by Crippen LogP contribution is 2.37. The maximum atomic E-state index is 13.8. The molecule has 8 heteroatoms. The highest BCUT2D eigenvalue weighted by molar-refractivity contribution is 7.91. The second-order valence-electron chi connectivity index (χ2n) is 9.09. The molecule has 0 radical (unpaired) electrons. The molecular weight excluding hydrogens is 496 g/mol. The Bertz CT molecular complexity index is 1490. The first-order valence-electron chi connectivity index (χ1n) is 11.9. The van der Waals surface area contributed by atoms with Crippen molar-refractivity contribution in [3.05, 3.63) is 89.1 Å². The van der Waals surface area contributed by atoms with E-state index < -0.39 is 9.84 Å². The molecule has 0 unspecified atom stereocenters. The summed E-state index contributed by atoms with van der Waals surface area (Å²) in [5, 5.41) is 0.857. The summed E-state index contributed by atoms with van der Waals surface area (Å²) < 4.78 is 33.1. The number of amides is 1. The Kier molecular flexibility index (Phi) is 6.77. The normalized spacial score (nSPS) is 14.8. The number of ether oxygens (including phenoxy) is 1. The number of benzene rings is 3. The van der Waals surface area contributed by atoms with Crippen LogP contribution in [0, 0.1) is 5.92 Å². The summed E-state index contributed by atoms with van der Waals surface area (Å²) in [5.74, 6) is 0.635. The Morgan fingerprint density at radius 1 is 1.00 bits per heavy atom. The van der Waals surface area contributed by atoms with Crippen LogP contribution in [0.3, 0.4) is 0 Å². The van der Waals surface area contributed by atoms with E-state index in [1.807, 2.05) is 18.2 Å². The van der Waals surface area contributed by atoms with Gasteiger partial charge in [0.25, 0.3) is 5.91 Å². The Morgan fingerprint density at radius 2 is 1.69 bits per heavy atom. The van der Waals surface area contributed by atoms with Crippen LogP contribution in [0.4, 0.5) is 0 Å². The Balaban J connectivity index is 1.49. The monoisotopic (exact) mass is 522 g/mol. The van der Waals surface area contributed by atoms with Gasteiger partial charge in [0.05, 0.1) is 17.5 Å². The molecule has 4 aromatic rings. The van der Waals surface area contributed by atoms with E-state index in [9.17, 15) is 13.2 Å². The lowest BCUT2D eigenvalue weighted by molar-refractivity contribution is 0.0681. The van der Waals surface area contributed by atoms with Gasteiger partial charge in [-0.25, -0.2) is 8.42 Å². The Labute approximate surface area is 215 Å². The number of hydrogen-bond acceptors (Lipinski definition) is 4. The summed E-state index contributed by atoms with van der Waals surface area (Å²) in [4.78, 5) is 18.6. The maximum absolute atomic E-state index is 13.8. The molecule has 1 aliphatic rings. The zero-order valence-electron chi connectivity index (χ0n) is 19.9. The first-order chi connectivity index (χ1) is 17.4. The van der Waals surface area contributed by atoms with Crippen LogP contribution < -0.4 is 4.74 Å². The summed E-state index contributed by atoms with van der Waals surface area (Å²) in [7, 11) is -2.51. The smallest absolute Gasteiger partial charge is 0.271 e. The molecule has 0 aliphatic carbocycles. The lowest BCUT2D eigenvalue weighted by Gasteiger charge is -2.32. The molecule has 1 N–H and O–H groups in total. The van der Waals surface area contributed by atoms with Crippen LogP contribution in [0.5, 0.6) is 5.75 Å². The van der Waals surface area contributed by atoms with Crippen LogP contribution in [-0.4, -0.2) is 44.4 Å². The average Bonchev–Trinajstić information content (AvgIpc) is 3.30. The van der Waals surface area contributed by atoms with Gasteiger partial charge in [-0.3, -0.25) is 4.79 Å². The van der Waals surface area contributed by atoms with Crippen LogP contribution >= 0.6 is 11.6 Å². The van der Waals surface area contributed by atoms with Crippen LogP contribution in [0.15, 0.2) is 82.6 Å². The molecule has 1 fully saturated rings. The van der Waals surface area contributed by atoms with E-state index in [4.69, 9.17) is 16.3 Å². The quantitative estimate of drug-likeness (QED) is 0.349. The first kappa shape index (κ1) is 24.4. The summed E-state index contributed by atoms with van der Waals surface area (Å²) >= 11 is 5.99. The number of fused-ring (bicyclic) bond motifs is 1. The first-order valence-corrected chi connectivity index (χ1v) is 13.8. The molecule has 0 atom stereocenters. The average molecular weight is 523 g/mol. The van der Waals surface area contributed by atoms with E-state index in [0.29, 0.717) is 40.7 Å². The number of hydrogen-bond donors (Lipinski definition) is 1. The van der Waals surface area contributed by atoms with E-state index >= 15 is 0 Å². The van der Waals surface area contributed by atoms with Crippen LogP contribution in [-0.2, 0) is 16.3 Å². The standard InChI is InChI=1S/C28H27ClN2O4S/c1-35-24-9-5-8-23-25(24)30-26(27(23)36(33,34)22-12-10-21(29)11-13-22)28(32)31-16-14-20(15-17-31)18-19-6-3-2-4-7-19/h2-13,20,30H,14-18H2,1H3. The van der Waals surface area contributed by atoms with Gasteiger partial charge in [-0.1, -0.05) is 54.1 Å². The minimum Gasteiger partial charge on any atom is -0.495 e. The third kappa shape index (κ3) is 4.61. The minimum absolute atomic E-state index is 0.0323. The molecule has 0 saturated carbocycles. The number of nitrogens with zero attached hydrogens (tertiary/aromatic N) is 1. The predicted molar refractivity (Wildman–Crippen MR) is 141 cm³/mol. The number of H-pyrrole nitrogens is 1. The van der Waals surface area contributed by atoms with Crippen molar-refractivity contribution in [2.24, 2.45) is 5.92 Å². The summed E-state index contributed by atoms with van der Waals surface area (Å²) in [6.45, 7) is 1.15.